The number of methoxy groups -OCH3 is 1. The Morgan fingerprint density at radius 1 is 1.35 bits per heavy atom. The number of ether oxygens (including phenoxy) is 1. The summed E-state index contributed by atoms with van der Waals surface area (Å²) in [6.07, 6.45) is -0.874. The van der Waals surface area contributed by atoms with E-state index in [4.69, 9.17) is 5.11 Å². The van der Waals surface area contributed by atoms with E-state index in [0.29, 0.717) is 0 Å². The average Bonchev–Trinajstić information content (AvgIpc) is 2.23. The molecule has 7 heteroatoms. The molecule has 0 unspecified atom stereocenters. The third-order valence-electron chi connectivity index (χ3n) is 2.12. The molecule has 0 rings (SSSR count). The van der Waals surface area contributed by atoms with Crippen LogP contribution in [0.1, 0.15) is 20.3 Å². The molecule has 0 fully saturated rings. The van der Waals surface area contributed by atoms with Crippen molar-refractivity contribution in [2.24, 2.45) is 0 Å². The Morgan fingerprint density at radius 3 is 2.35 bits per heavy atom. The second kappa shape index (κ2) is 7.61. The number of carbonyl (C=O) groups is 3. The predicted molar refractivity (Wildman–Crippen MR) is 59.5 cm³/mol. The summed E-state index contributed by atoms with van der Waals surface area (Å²) in [5, 5.41) is 10.6. The molecule has 7 nitrogen and oxygen atoms in total. The Morgan fingerprint density at radius 2 is 1.94 bits per heavy atom. The molecule has 0 heterocycles. The third-order valence-corrected chi connectivity index (χ3v) is 2.12. The minimum absolute atomic E-state index is 0.0118. The summed E-state index contributed by atoms with van der Waals surface area (Å²) in [5.74, 6) is -1.44. The maximum Gasteiger partial charge on any atom is 0.413 e. The first-order valence-electron chi connectivity index (χ1n) is 5.20. The number of nitrogens with one attached hydrogen (secondary N) is 1. The molecule has 0 aliphatic heterocycles. The number of aliphatic carboxylic acids is 1. The molecule has 98 valence electrons. The Hall–Kier alpha value is -1.63. The van der Waals surface area contributed by atoms with Gasteiger partial charge in [-0.05, 0) is 13.8 Å². The smallest absolute Gasteiger partial charge is 0.413 e. The molecular weight excluding hydrogens is 228 g/mol. The zero-order valence-corrected chi connectivity index (χ0v) is 10.2. The van der Waals surface area contributed by atoms with Gasteiger partial charge in [-0.15, -0.1) is 0 Å². The second-order valence-electron chi connectivity index (χ2n) is 3.75. The van der Waals surface area contributed by atoms with Gasteiger partial charge in [0.15, 0.2) is 0 Å². The van der Waals surface area contributed by atoms with Crippen LogP contribution in [-0.4, -0.2) is 54.2 Å². The maximum atomic E-state index is 11.4. The number of amides is 2. The van der Waals surface area contributed by atoms with Crippen LogP contribution < -0.4 is 5.32 Å². The normalized spacial score (nSPS) is 10.4. The lowest BCUT2D eigenvalue weighted by Gasteiger charge is -2.24. The summed E-state index contributed by atoms with van der Waals surface area (Å²) in [4.78, 5) is 34.2. The molecule has 2 amide bonds. The lowest BCUT2D eigenvalue weighted by molar-refractivity contribution is -0.138. The molecule has 0 atom stereocenters. The summed E-state index contributed by atoms with van der Waals surface area (Å²) in [5.41, 5.74) is 0. The van der Waals surface area contributed by atoms with Crippen LogP contribution in [0.25, 0.3) is 0 Å². The van der Waals surface area contributed by atoms with Gasteiger partial charge in [-0.1, -0.05) is 0 Å². The van der Waals surface area contributed by atoms with Gasteiger partial charge < -0.3 is 9.84 Å². The van der Waals surface area contributed by atoms with Crippen molar-refractivity contribution in [3.05, 3.63) is 0 Å². The molecule has 0 aromatic carbocycles. The Labute approximate surface area is 99.7 Å². The molecule has 0 saturated heterocycles. The molecular formula is C10H18N2O5. The fraction of sp³-hybridized carbons (Fsp3) is 0.700. The van der Waals surface area contributed by atoms with E-state index in [0.717, 1.165) is 7.11 Å². The van der Waals surface area contributed by atoms with Gasteiger partial charge in [0.25, 0.3) is 0 Å². The molecule has 2 N–H and O–H groups in total. The lowest BCUT2D eigenvalue weighted by atomic mass is 10.3. The van der Waals surface area contributed by atoms with Crippen LogP contribution in [0.5, 0.6) is 0 Å². The quantitative estimate of drug-likeness (QED) is 0.687. The van der Waals surface area contributed by atoms with E-state index in [1.54, 1.807) is 4.90 Å². The van der Waals surface area contributed by atoms with Crippen LogP contribution >= 0.6 is 0 Å². The van der Waals surface area contributed by atoms with Crippen LogP contribution in [-0.2, 0) is 14.3 Å². The first-order chi connectivity index (χ1) is 7.86. The summed E-state index contributed by atoms with van der Waals surface area (Å²) < 4.78 is 4.28. The van der Waals surface area contributed by atoms with E-state index >= 15 is 0 Å². The first kappa shape index (κ1) is 15.4. The van der Waals surface area contributed by atoms with Crippen LogP contribution in [0.3, 0.4) is 0 Å². The van der Waals surface area contributed by atoms with E-state index in [2.05, 4.69) is 4.74 Å². The highest BCUT2D eigenvalue weighted by Crippen LogP contribution is 1.99. The molecule has 0 radical (unpaired) electrons. The number of rotatable bonds is 6. The predicted octanol–water partition coefficient (Wildman–Crippen LogP) is 0.0541. The number of hydrogen-bond donors (Lipinski definition) is 2. The Kier molecular flexibility index (Phi) is 6.88. The van der Waals surface area contributed by atoms with E-state index in [1.165, 1.54) is 0 Å². The van der Waals surface area contributed by atoms with Crippen molar-refractivity contribution in [1.82, 2.24) is 10.2 Å². The third kappa shape index (κ3) is 7.29. The summed E-state index contributed by atoms with van der Waals surface area (Å²) in [6.45, 7) is 3.89. The number of hydrogen-bond acceptors (Lipinski definition) is 5. The van der Waals surface area contributed by atoms with E-state index < -0.39 is 18.0 Å². The van der Waals surface area contributed by atoms with Crippen molar-refractivity contribution >= 4 is 18.0 Å². The maximum absolute atomic E-state index is 11.4. The van der Waals surface area contributed by atoms with Gasteiger partial charge in [-0.3, -0.25) is 19.8 Å². The molecule has 0 bridgehead atoms. The van der Waals surface area contributed by atoms with Crippen LogP contribution in [0.2, 0.25) is 0 Å². The van der Waals surface area contributed by atoms with Gasteiger partial charge >= 0.3 is 12.1 Å². The van der Waals surface area contributed by atoms with Crippen molar-refractivity contribution in [2.75, 3.05) is 20.2 Å². The Balaban J connectivity index is 4.20. The first-order valence-corrected chi connectivity index (χ1v) is 5.20. The largest absolute Gasteiger partial charge is 0.481 e. The summed E-state index contributed by atoms with van der Waals surface area (Å²) in [6, 6.07) is 0.0118. The average molecular weight is 246 g/mol. The van der Waals surface area contributed by atoms with Gasteiger partial charge in [0.2, 0.25) is 5.91 Å². The van der Waals surface area contributed by atoms with Crippen molar-refractivity contribution < 1.29 is 24.2 Å². The fourth-order valence-electron chi connectivity index (χ4n) is 1.15. The van der Waals surface area contributed by atoms with E-state index in [9.17, 15) is 14.4 Å². The van der Waals surface area contributed by atoms with Crippen LogP contribution in [0, 0.1) is 0 Å². The molecule has 17 heavy (non-hydrogen) atoms. The van der Waals surface area contributed by atoms with E-state index in [-0.39, 0.29) is 25.6 Å². The van der Waals surface area contributed by atoms with Crippen molar-refractivity contribution in [2.45, 2.75) is 26.3 Å². The van der Waals surface area contributed by atoms with Gasteiger partial charge in [-0.25, -0.2) is 4.79 Å². The van der Waals surface area contributed by atoms with Gasteiger partial charge in [-0.2, -0.15) is 0 Å². The number of imide groups is 1. The molecule has 0 aliphatic rings. The highest BCUT2D eigenvalue weighted by Gasteiger charge is 2.16. The van der Waals surface area contributed by atoms with Gasteiger partial charge in [0.05, 0.1) is 20.1 Å². The highest BCUT2D eigenvalue weighted by atomic mass is 16.5. The SMILES string of the molecule is COC(=O)NC(=O)CN(CCC(=O)O)C(C)C. The van der Waals surface area contributed by atoms with Crippen LogP contribution in [0.4, 0.5) is 4.79 Å². The zero-order chi connectivity index (χ0) is 13.4. The van der Waals surface area contributed by atoms with Crippen molar-refractivity contribution in [3.8, 4) is 0 Å². The number of alkyl carbamates (subject to hydrolysis) is 1. The molecule has 0 aliphatic carbocycles. The topological polar surface area (TPSA) is 95.9 Å². The minimum atomic E-state index is -0.927. The zero-order valence-electron chi connectivity index (χ0n) is 10.2. The second-order valence-corrected chi connectivity index (χ2v) is 3.75. The van der Waals surface area contributed by atoms with Crippen molar-refractivity contribution in [3.63, 3.8) is 0 Å². The van der Waals surface area contributed by atoms with Gasteiger partial charge in [0.1, 0.15) is 0 Å². The monoisotopic (exact) mass is 246 g/mol. The summed E-state index contributed by atoms with van der Waals surface area (Å²) >= 11 is 0. The molecule has 0 aromatic rings. The fourth-order valence-corrected chi connectivity index (χ4v) is 1.15. The number of carbonyl (C=O) groups excluding carboxylic acids is 2. The van der Waals surface area contributed by atoms with Crippen LogP contribution in [0.15, 0.2) is 0 Å². The number of carboxylic acids is 1. The minimum Gasteiger partial charge on any atom is -0.481 e. The molecule has 0 saturated carbocycles. The number of nitrogens with zero attached hydrogens (tertiary/aromatic N) is 1. The molecule has 0 spiro atoms. The lowest BCUT2D eigenvalue weighted by Crippen LogP contribution is -2.43. The standard InChI is InChI=1S/C10H18N2O5/c1-7(2)12(5-4-9(14)15)6-8(13)11-10(16)17-3/h7H,4-6H2,1-3H3,(H,14,15)(H,11,13,16). The Bertz CT molecular complexity index is 290. The van der Waals surface area contributed by atoms with E-state index in [1.807, 2.05) is 19.2 Å². The molecule has 0 aromatic heterocycles. The highest BCUT2D eigenvalue weighted by molar-refractivity contribution is 5.92. The van der Waals surface area contributed by atoms with Crippen molar-refractivity contribution in [1.29, 1.82) is 0 Å². The number of carboxylic acid groups (broad SMARTS) is 1. The van der Waals surface area contributed by atoms with Gasteiger partial charge in [0, 0.05) is 12.6 Å². The summed E-state index contributed by atoms with van der Waals surface area (Å²) in [7, 11) is 1.16.